The molecule has 0 radical (unpaired) electrons. The third-order valence-corrected chi connectivity index (χ3v) is 3.22. The van der Waals surface area contributed by atoms with Gasteiger partial charge in [-0.15, -0.1) is 0 Å². The quantitative estimate of drug-likeness (QED) is 0.874. The normalized spacial score (nSPS) is 12.6. The van der Waals surface area contributed by atoms with E-state index in [1.54, 1.807) is 0 Å². The standard InChI is InChI=1S/C15H21N3/c1-4-15-17-10-11-18(15)14-8-6-13(7-9-14)12(3)16-5-2/h6-12,16H,4-5H2,1-3H3. The first-order valence-corrected chi connectivity index (χ1v) is 6.62. The topological polar surface area (TPSA) is 29.9 Å². The Morgan fingerprint density at radius 2 is 1.94 bits per heavy atom. The maximum absolute atomic E-state index is 4.35. The third-order valence-electron chi connectivity index (χ3n) is 3.22. The Balaban J connectivity index is 2.22. The summed E-state index contributed by atoms with van der Waals surface area (Å²) in [6, 6.07) is 9.08. The van der Waals surface area contributed by atoms with Crippen molar-refractivity contribution in [3.8, 4) is 5.69 Å². The summed E-state index contributed by atoms with van der Waals surface area (Å²) >= 11 is 0. The van der Waals surface area contributed by atoms with Gasteiger partial charge in [-0.1, -0.05) is 26.0 Å². The highest BCUT2D eigenvalue weighted by molar-refractivity contribution is 5.36. The lowest BCUT2D eigenvalue weighted by Gasteiger charge is -2.14. The molecule has 0 aliphatic heterocycles. The monoisotopic (exact) mass is 243 g/mol. The lowest BCUT2D eigenvalue weighted by Crippen LogP contribution is -2.17. The number of imidazole rings is 1. The number of nitrogens with one attached hydrogen (secondary N) is 1. The summed E-state index contributed by atoms with van der Waals surface area (Å²) in [5.41, 5.74) is 2.50. The van der Waals surface area contributed by atoms with Crippen molar-refractivity contribution in [1.29, 1.82) is 0 Å². The van der Waals surface area contributed by atoms with Gasteiger partial charge in [-0.3, -0.25) is 0 Å². The van der Waals surface area contributed by atoms with Crippen LogP contribution in [0.3, 0.4) is 0 Å². The van der Waals surface area contributed by atoms with Gasteiger partial charge >= 0.3 is 0 Å². The van der Waals surface area contributed by atoms with E-state index in [0.717, 1.165) is 18.8 Å². The summed E-state index contributed by atoms with van der Waals surface area (Å²) in [5, 5.41) is 3.42. The molecule has 0 aliphatic carbocycles. The van der Waals surface area contributed by atoms with E-state index >= 15 is 0 Å². The van der Waals surface area contributed by atoms with Crippen molar-refractivity contribution in [1.82, 2.24) is 14.9 Å². The van der Waals surface area contributed by atoms with Crippen molar-refractivity contribution in [3.05, 3.63) is 48.0 Å². The Morgan fingerprint density at radius 3 is 2.56 bits per heavy atom. The highest BCUT2D eigenvalue weighted by atomic mass is 15.1. The molecule has 18 heavy (non-hydrogen) atoms. The van der Waals surface area contributed by atoms with Gasteiger partial charge in [0, 0.05) is 30.5 Å². The van der Waals surface area contributed by atoms with Crippen molar-refractivity contribution in [2.24, 2.45) is 0 Å². The molecule has 0 bridgehead atoms. The predicted octanol–water partition coefficient (Wildman–Crippen LogP) is 3.11. The summed E-state index contributed by atoms with van der Waals surface area (Å²) < 4.78 is 2.14. The van der Waals surface area contributed by atoms with E-state index in [9.17, 15) is 0 Å². The number of aromatic nitrogens is 2. The summed E-state index contributed by atoms with van der Waals surface area (Å²) in [6.45, 7) is 7.43. The number of aryl methyl sites for hydroxylation is 1. The summed E-state index contributed by atoms with van der Waals surface area (Å²) in [6.07, 6.45) is 4.82. The predicted molar refractivity (Wildman–Crippen MR) is 75.0 cm³/mol. The first kappa shape index (κ1) is 12.8. The van der Waals surface area contributed by atoms with Crippen LogP contribution in [0.25, 0.3) is 5.69 Å². The molecule has 1 heterocycles. The van der Waals surface area contributed by atoms with Crippen LogP contribution in [0.1, 0.15) is 38.2 Å². The second kappa shape index (κ2) is 5.83. The minimum atomic E-state index is 0.400. The molecule has 1 aromatic heterocycles. The molecule has 0 saturated carbocycles. The molecule has 3 heteroatoms. The number of rotatable bonds is 5. The molecule has 96 valence electrons. The van der Waals surface area contributed by atoms with Crippen molar-refractivity contribution >= 4 is 0 Å². The maximum atomic E-state index is 4.35. The molecular weight excluding hydrogens is 222 g/mol. The molecule has 0 aliphatic rings. The van der Waals surface area contributed by atoms with Crippen molar-refractivity contribution in [2.75, 3.05) is 6.54 Å². The average molecular weight is 243 g/mol. The number of hydrogen-bond acceptors (Lipinski definition) is 2. The zero-order valence-electron chi connectivity index (χ0n) is 11.4. The number of benzene rings is 1. The van der Waals surface area contributed by atoms with Crippen molar-refractivity contribution < 1.29 is 0 Å². The molecule has 0 fully saturated rings. The zero-order chi connectivity index (χ0) is 13.0. The molecule has 0 saturated heterocycles. The van der Waals surface area contributed by atoms with Crippen molar-refractivity contribution in [3.63, 3.8) is 0 Å². The lowest BCUT2D eigenvalue weighted by molar-refractivity contribution is 0.598. The van der Waals surface area contributed by atoms with Gasteiger partial charge in [-0.05, 0) is 31.2 Å². The molecule has 1 atom stereocenters. The first-order valence-electron chi connectivity index (χ1n) is 6.62. The molecule has 2 aromatic rings. The molecular formula is C15H21N3. The zero-order valence-corrected chi connectivity index (χ0v) is 11.4. The Morgan fingerprint density at radius 1 is 1.22 bits per heavy atom. The van der Waals surface area contributed by atoms with Crippen molar-refractivity contribution in [2.45, 2.75) is 33.2 Å². The van der Waals surface area contributed by atoms with Gasteiger partial charge in [-0.2, -0.15) is 0 Å². The van der Waals surface area contributed by atoms with Crippen LogP contribution in [0.4, 0.5) is 0 Å². The summed E-state index contributed by atoms with van der Waals surface area (Å²) in [7, 11) is 0. The van der Waals surface area contributed by atoms with E-state index in [0.29, 0.717) is 6.04 Å². The Hall–Kier alpha value is -1.61. The molecule has 0 amide bonds. The van der Waals surface area contributed by atoms with E-state index in [1.165, 1.54) is 11.3 Å². The lowest BCUT2D eigenvalue weighted by atomic mass is 10.1. The van der Waals surface area contributed by atoms with E-state index in [1.807, 2.05) is 12.4 Å². The molecule has 1 aromatic carbocycles. The molecule has 2 rings (SSSR count). The highest BCUT2D eigenvalue weighted by Crippen LogP contribution is 2.16. The Kier molecular flexibility index (Phi) is 4.15. The van der Waals surface area contributed by atoms with Crippen LogP contribution in [0, 0.1) is 0 Å². The molecule has 3 nitrogen and oxygen atoms in total. The van der Waals surface area contributed by atoms with Crippen LogP contribution in [-0.2, 0) is 6.42 Å². The summed E-state index contributed by atoms with van der Waals surface area (Å²) in [5.74, 6) is 1.10. The Labute approximate surface area is 109 Å². The van der Waals surface area contributed by atoms with Gasteiger partial charge in [-0.25, -0.2) is 4.98 Å². The Bertz CT molecular complexity index is 485. The van der Waals surface area contributed by atoms with Crippen LogP contribution in [0.2, 0.25) is 0 Å². The second-order valence-electron chi connectivity index (χ2n) is 4.44. The van der Waals surface area contributed by atoms with Gasteiger partial charge < -0.3 is 9.88 Å². The average Bonchev–Trinajstić information content (AvgIpc) is 2.87. The SMILES string of the molecule is CCNC(C)c1ccc(-n2ccnc2CC)cc1. The van der Waals surface area contributed by atoms with Crippen LogP contribution in [-0.4, -0.2) is 16.1 Å². The fourth-order valence-electron chi connectivity index (χ4n) is 2.18. The second-order valence-corrected chi connectivity index (χ2v) is 4.44. The van der Waals surface area contributed by atoms with Gasteiger partial charge in [0.2, 0.25) is 0 Å². The number of nitrogens with zero attached hydrogens (tertiary/aromatic N) is 2. The third kappa shape index (κ3) is 2.62. The molecule has 0 spiro atoms. The maximum Gasteiger partial charge on any atom is 0.112 e. The fraction of sp³-hybridized carbons (Fsp3) is 0.400. The summed E-state index contributed by atoms with van der Waals surface area (Å²) in [4.78, 5) is 4.35. The van der Waals surface area contributed by atoms with Gasteiger partial charge in [0.05, 0.1) is 0 Å². The number of hydrogen-bond donors (Lipinski definition) is 1. The largest absolute Gasteiger partial charge is 0.310 e. The van der Waals surface area contributed by atoms with Crippen LogP contribution in [0.15, 0.2) is 36.7 Å². The van der Waals surface area contributed by atoms with E-state index < -0.39 is 0 Å². The van der Waals surface area contributed by atoms with E-state index in [-0.39, 0.29) is 0 Å². The first-order chi connectivity index (χ1) is 8.76. The molecule has 1 unspecified atom stereocenters. The van der Waals surface area contributed by atoms with Gasteiger partial charge in [0.15, 0.2) is 0 Å². The molecule has 1 N–H and O–H groups in total. The van der Waals surface area contributed by atoms with E-state index in [2.05, 4.69) is 59.9 Å². The van der Waals surface area contributed by atoms with Crippen LogP contribution in [0.5, 0.6) is 0 Å². The van der Waals surface area contributed by atoms with E-state index in [4.69, 9.17) is 0 Å². The smallest absolute Gasteiger partial charge is 0.112 e. The van der Waals surface area contributed by atoms with Gasteiger partial charge in [0.25, 0.3) is 0 Å². The minimum Gasteiger partial charge on any atom is -0.310 e. The van der Waals surface area contributed by atoms with Gasteiger partial charge in [0.1, 0.15) is 5.82 Å². The highest BCUT2D eigenvalue weighted by Gasteiger charge is 2.05. The van der Waals surface area contributed by atoms with Crippen LogP contribution < -0.4 is 5.32 Å². The minimum absolute atomic E-state index is 0.400. The van der Waals surface area contributed by atoms with Crippen LogP contribution >= 0.6 is 0 Å². The fourth-order valence-corrected chi connectivity index (χ4v) is 2.18.